The van der Waals surface area contributed by atoms with Crippen molar-refractivity contribution in [3.63, 3.8) is 0 Å². The Morgan fingerprint density at radius 1 is 1.41 bits per heavy atom. The van der Waals surface area contributed by atoms with Crippen molar-refractivity contribution in [1.82, 2.24) is 9.97 Å². The standard InChI is InChI=1S/C10H15F3N4/c1-3-4-17(6-10(11,12)13)8-7(2)5-15-9(14)16-8/h5H,3-4,6H2,1-2H3,(H2,14,15,16). The summed E-state index contributed by atoms with van der Waals surface area (Å²) in [5.74, 6) is 0.227. The fourth-order valence-corrected chi connectivity index (χ4v) is 1.51. The third-order valence-electron chi connectivity index (χ3n) is 2.13. The molecule has 4 nitrogen and oxygen atoms in total. The van der Waals surface area contributed by atoms with Crippen molar-refractivity contribution in [3.8, 4) is 0 Å². The number of nitrogen functional groups attached to an aromatic ring is 1. The van der Waals surface area contributed by atoms with Crippen molar-refractivity contribution in [1.29, 1.82) is 0 Å². The summed E-state index contributed by atoms with van der Waals surface area (Å²) in [6.45, 7) is 2.71. The van der Waals surface area contributed by atoms with Crippen molar-refractivity contribution in [2.45, 2.75) is 26.4 Å². The van der Waals surface area contributed by atoms with Crippen LogP contribution in [-0.2, 0) is 0 Å². The number of nitrogens with two attached hydrogens (primary N) is 1. The lowest BCUT2D eigenvalue weighted by atomic mass is 10.3. The van der Waals surface area contributed by atoms with Crippen LogP contribution < -0.4 is 10.6 Å². The summed E-state index contributed by atoms with van der Waals surface area (Å²) in [5.41, 5.74) is 5.98. The maximum atomic E-state index is 12.4. The summed E-state index contributed by atoms with van der Waals surface area (Å²) < 4.78 is 37.3. The van der Waals surface area contributed by atoms with Crippen LogP contribution in [0.4, 0.5) is 24.9 Å². The molecule has 0 radical (unpaired) electrons. The fourth-order valence-electron chi connectivity index (χ4n) is 1.51. The molecule has 17 heavy (non-hydrogen) atoms. The molecule has 0 fully saturated rings. The molecule has 0 atom stereocenters. The predicted molar refractivity (Wildman–Crippen MR) is 59.7 cm³/mol. The second-order valence-corrected chi connectivity index (χ2v) is 3.77. The number of rotatable bonds is 4. The van der Waals surface area contributed by atoms with Gasteiger partial charge in [-0.05, 0) is 13.3 Å². The van der Waals surface area contributed by atoms with Gasteiger partial charge >= 0.3 is 6.18 Å². The highest BCUT2D eigenvalue weighted by Crippen LogP contribution is 2.23. The van der Waals surface area contributed by atoms with Crippen LogP contribution in [0.5, 0.6) is 0 Å². The van der Waals surface area contributed by atoms with Gasteiger partial charge in [0, 0.05) is 18.3 Å². The molecule has 0 saturated heterocycles. The van der Waals surface area contributed by atoms with Gasteiger partial charge in [-0.15, -0.1) is 0 Å². The second kappa shape index (κ2) is 5.20. The molecular weight excluding hydrogens is 233 g/mol. The molecule has 0 spiro atoms. The Hall–Kier alpha value is -1.53. The topological polar surface area (TPSA) is 55.0 Å². The number of aryl methyl sites for hydroxylation is 1. The Morgan fingerprint density at radius 2 is 2.06 bits per heavy atom. The Morgan fingerprint density at radius 3 is 2.59 bits per heavy atom. The van der Waals surface area contributed by atoms with Crippen molar-refractivity contribution in [2.75, 3.05) is 23.7 Å². The second-order valence-electron chi connectivity index (χ2n) is 3.77. The number of aromatic nitrogens is 2. The van der Waals surface area contributed by atoms with Gasteiger partial charge in [0.1, 0.15) is 12.4 Å². The van der Waals surface area contributed by atoms with Gasteiger partial charge in [-0.1, -0.05) is 6.92 Å². The highest BCUT2D eigenvalue weighted by Gasteiger charge is 2.31. The average Bonchev–Trinajstić information content (AvgIpc) is 2.19. The third-order valence-corrected chi connectivity index (χ3v) is 2.13. The summed E-state index contributed by atoms with van der Waals surface area (Å²) in [7, 11) is 0. The van der Waals surface area contributed by atoms with E-state index in [1.807, 2.05) is 6.92 Å². The maximum Gasteiger partial charge on any atom is 0.405 e. The van der Waals surface area contributed by atoms with Crippen LogP contribution in [0.2, 0.25) is 0 Å². The molecule has 0 bridgehead atoms. The molecule has 1 aromatic rings. The van der Waals surface area contributed by atoms with Gasteiger partial charge in [-0.25, -0.2) is 4.98 Å². The van der Waals surface area contributed by atoms with Crippen LogP contribution in [0.1, 0.15) is 18.9 Å². The summed E-state index contributed by atoms with van der Waals surface area (Å²) in [6.07, 6.45) is -2.24. The summed E-state index contributed by atoms with van der Waals surface area (Å²) in [6, 6.07) is 0. The minimum atomic E-state index is -4.26. The zero-order valence-corrected chi connectivity index (χ0v) is 9.75. The smallest absolute Gasteiger partial charge is 0.368 e. The van der Waals surface area contributed by atoms with Crippen molar-refractivity contribution in [3.05, 3.63) is 11.8 Å². The number of hydrogen-bond donors (Lipinski definition) is 1. The van der Waals surface area contributed by atoms with E-state index in [9.17, 15) is 13.2 Å². The lowest BCUT2D eigenvalue weighted by Crippen LogP contribution is -2.36. The van der Waals surface area contributed by atoms with Gasteiger partial charge in [-0.3, -0.25) is 0 Å². The van der Waals surface area contributed by atoms with E-state index < -0.39 is 12.7 Å². The molecule has 2 N–H and O–H groups in total. The first-order valence-corrected chi connectivity index (χ1v) is 5.24. The number of halogens is 3. The molecule has 0 amide bonds. The summed E-state index contributed by atoms with van der Waals surface area (Å²) in [4.78, 5) is 8.78. The maximum absolute atomic E-state index is 12.4. The molecule has 1 heterocycles. The lowest BCUT2D eigenvalue weighted by molar-refractivity contribution is -0.119. The Labute approximate surface area is 97.7 Å². The van der Waals surface area contributed by atoms with Crippen LogP contribution in [0, 0.1) is 6.92 Å². The fraction of sp³-hybridized carbons (Fsp3) is 0.600. The number of anilines is 2. The Balaban J connectivity index is 3.00. The summed E-state index contributed by atoms with van der Waals surface area (Å²) >= 11 is 0. The zero-order valence-electron chi connectivity index (χ0n) is 9.75. The predicted octanol–water partition coefficient (Wildman–Crippen LogP) is 2.15. The lowest BCUT2D eigenvalue weighted by Gasteiger charge is -2.25. The first kappa shape index (κ1) is 13.5. The Kier molecular flexibility index (Phi) is 4.14. The van der Waals surface area contributed by atoms with E-state index in [0.717, 1.165) is 0 Å². The van der Waals surface area contributed by atoms with Gasteiger partial charge in [0.05, 0.1) is 0 Å². The average molecular weight is 248 g/mol. The highest BCUT2D eigenvalue weighted by molar-refractivity contribution is 5.48. The van der Waals surface area contributed by atoms with E-state index >= 15 is 0 Å². The molecule has 0 aliphatic carbocycles. The monoisotopic (exact) mass is 248 g/mol. The van der Waals surface area contributed by atoms with Crippen LogP contribution in [-0.4, -0.2) is 29.2 Å². The van der Waals surface area contributed by atoms with Gasteiger partial charge in [0.2, 0.25) is 5.95 Å². The molecule has 1 aromatic heterocycles. The normalized spacial score (nSPS) is 11.6. The van der Waals surface area contributed by atoms with E-state index in [4.69, 9.17) is 5.73 Å². The van der Waals surface area contributed by atoms with Crippen LogP contribution >= 0.6 is 0 Å². The van der Waals surface area contributed by atoms with E-state index in [0.29, 0.717) is 12.0 Å². The zero-order chi connectivity index (χ0) is 13.1. The highest BCUT2D eigenvalue weighted by atomic mass is 19.4. The first-order valence-electron chi connectivity index (χ1n) is 5.24. The summed E-state index contributed by atoms with van der Waals surface area (Å²) in [5, 5.41) is 0. The molecular formula is C10H15F3N4. The van der Waals surface area contributed by atoms with Crippen LogP contribution in [0.25, 0.3) is 0 Å². The Bertz CT molecular complexity index is 378. The molecule has 96 valence electrons. The van der Waals surface area contributed by atoms with E-state index in [2.05, 4.69) is 9.97 Å². The van der Waals surface area contributed by atoms with Gasteiger partial charge in [0.25, 0.3) is 0 Å². The SMILES string of the molecule is CCCN(CC(F)(F)F)c1nc(N)ncc1C. The van der Waals surface area contributed by atoms with Crippen molar-refractivity contribution in [2.24, 2.45) is 0 Å². The van der Waals surface area contributed by atoms with Gasteiger partial charge in [0.15, 0.2) is 0 Å². The minimum Gasteiger partial charge on any atom is -0.368 e. The van der Waals surface area contributed by atoms with Crippen LogP contribution in [0.3, 0.4) is 0 Å². The molecule has 0 aromatic carbocycles. The van der Waals surface area contributed by atoms with Gasteiger partial charge in [-0.2, -0.15) is 18.2 Å². The number of alkyl halides is 3. The third kappa shape index (κ3) is 4.08. The van der Waals surface area contributed by atoms with E-state index in [1.165, 1.54) is 11.1 Å². The number of hydrogen-bond acceptors (Lipinski definition) is 4. The van der Waals surface area contributed by atoms with Gasteiger partial charge < -0.3 is 10.6 Å². The molecule has 0 aliphatic heterocycles. The largest absolute Gasteiger partial charge is 0.405 e. The van der Waals surface area contributed by atoms with Crippen molar-refractivity contribution < 1.29 is 13.2 Å². The minimum absolute atomic E-state index is 0.0196. The first-order chi connectivity index (χ1) is 7.83. The number of nitrogens with zero attached hydrogens (tertiary/aromatic N) is 3. The molecule has 0 saturated carbocycles. The molecule has 1 rings (SSSR count). The molecule has 0 aliphatic rings. The molecule has 0 unspecified atom stereocenters. The van der Waals surface area contributed by atoms with E-state index in [-0.39, 0.29) is 18.3 Å². The van der Waals surface area contributed by atoms with Crippen LogP contribution in [0.15, 0.2) is 6.20 Å². The quantitative estimate of drug-likeness (QED) is 0.887. The van der Waals surface area contributed by atoms with E-state index in [1.54, 1.807) is 6.92 Å². The molecule has 7 heteroatoms. The van der Waals surface area contributed by atoms with Crippen molar-refractivity contribution >= 4 is 11.8 Å².